The maximum Gasteiger partial charge on any atom is 0.164 e. The maximum absolute atomic E-state index is 11.5. The van der Waals surface area contributed by atoms with Crippen molar-refractivity contribution in [3.8, 4) is 17.0 Å². The maximum atomic E-state index is 11.5. The van der Waals surface area contributed by atoms with Crippen molar-refractivity contribution in [3.05, 3.63) is 48.2 Å². The Morgan fingerprint density at radius 2 is 1.89 bits per heavy atom. The summed E-state index contributed by atoms with van der Waals surface area (Å²) in [6, 6.07) is 11.4. The van der Waals surface area contributed by atoms with E-state index in [0.717, 1.165) is 17.0 Å². The van der Waals surface area contributed by atoms with Gasteiger partial charge in [0.05, 0.1) is 12.8 Å². The molecule has 3 nitrogen and oxygen atoms in total. The van der Waals surface area contributed by atoms with Crippen LogP contribution in [0.5, 0.6) is 5.75 Å². The van der Waals surface area contributed by atoms with Crippen LogP contribution in [0.1, 0.15) is 23.7 Å². The van der Waals surface area contributed by atoms with Crippen LogP contribution in [0.25, 0.3) is 11.3 Å². The number of methoxy groups -OCH3 is 1. The molecule has 92 valence electrons. The minimum absolute atomic E-state index is 0.115. The SMILES string of the molecule is CCC(=O)c1ccc(-c2ccc(OC)cc2)nc1. The van der Waals surface area contributed by atoms with E-state index in [9.17, 15) is 4.79 Å². The van der Waals surface area contributed by atoms with Gasteiger partial charge in [-0.15, -0.1) is 0 Å². The molecular weight excluding hydrogens is 226 g/mol. The number of nitrogens with zero attached hydrogens (tertiary/aromatic N) is 1. The molecule has 0 bridgehead atoms. The first-order chi connectivity index (χ1) is 8.74. The molecule has 1 aromatic carbocycles. The summed E-state index contributed by atoms with van der Waals surface area (Å²) in [5, 5.41) is 0. The fourth-order valence-corrected chi connectivity index (χ4v) is 1.70. The summed E-state index contributed by atoms with van der Waals surface area (Å²) in [6.45, 7) is 1.85. The van der Waals surface area contributed by atoms with Gasteiger partial charge in [-0.2, -0.15) is 0 Å². The van der Waals surface area contributed by atoms with Gasteiger partial charge >= 0.3 is 0 Å². The minimum atomic E-state index is 0.115. The highest BCUT2D eigenvalue weighted by atomic mass is 16.5. The van der Waals surface area contributed by atoms with Gasteiger partial charge in [-0.25, -0.2) is 0 Å². The molecule has 0 radical (unpaired) electrons. The minimum Gasteiger partial charge on any atom is -0.497 e. The van der Waals surface area contributed by atoms with Crippen molar-refractivity contribution in [2.45, 2.75) is 13.3 Å². The summed E-state index contributed by atoms with van der Waals surface area (Å²) in [7, 11) is 1.64. The third kappa shape index (κ3) is 2.56. The van der Waals surface area contributed by atoms with Crippen molar-refractivity contribution in [1.29, 1.82) is 0 Å². The van der Waals surface area contributed by atoms with E-state index in [1.54, 1.807) is 13.3 Å². The van der Waals surface area contributed by atoms with E-state index < -0.39 is 0 Å². The molecule has 1 aromatic heterocycles. The van der Waals surface area contributed by atoms with E-state index in [1.807, 2.05) is 43.3 Å². The largest absolute Gasteiger partial charge is 0.497 e. The standard InChI is InChI=1S/C15H15NO2/c1-3-15(17)12-6-9-14(16-10-12)11-4-7-13(18-2)8-5-11/h4-10H,3H2,1-2H3. The van der Waals surface area contributed by atoms with Crippen LogP contribution in [0.2, 0.25) is 0 Å². The summed E-state index contributed by atoms with van der Waals surface area (Å²) in [4.78, 5) is 15.8. The van der Waals surface area contributed by atoms with E-state index in [0.29, 0.717) is 12.0 Å². The Kier molecular flexibility index (Phi) is 3.72. The predicted molar refractivity (Wildman–Crippen MR) is 70.8 cm³/mol. The Hall–Kier alpha value is -2.16. The summed E-state index contributed by atoms with van der Waals surface area (Å²) < 4.78 is 5.11. The monoisotopic (exact) mass is 241 g/mol. The van der Waals surface area contributed by atoms with Crippen LogP contribution in [0.3, 0.4) is 0 Å². The number of carbonyl (C=O) groups excluding carboxylic acids is 1. The lowest BCUT2D eigenvalue weighted by molar-refractivity contribution is 0.0988. The first-order valence-corrected chi connectivity index (χ1v) is 5.88. The molecule has 0 spiro atoms. The van der Waals surface area contributed by atoms with Gasteiger partial charge < -0.3 is 4.74 Å². The van der Waals surface area contributed by atoms with E-state index in [-0.39, 0.29) is 5.78 Å². The molecule has 0 aliphatic carbocycles. The highest BCUT2D eigenvalue weighted by Crippen LogP contribution is 2.20. The second-order valence-corrected chi connectivity index (χ2v) is 3.94. The lowest BCUT2D eigenvalue weighted by Crippen LogP contribution is -1.97. The van der Waals surface area contributed by atoms with Crippen LogP contribution in [-0.4, -0.2) is 17.9 Å². The number of hydrogen-bond donors (Lipinski definition) is 0. The molecule has 0 saturated heterocycles. The number of Topliss-reactive ketones (excluding diaryl/α,β-unsaturated/α-hetero) is 1. The molecule has 0 aliphatic heterocycles. The van der Waals surface area contributed by atoms with Crippen molar-refractivity contribution < 1.29 is 9.53 Å². The number of pyridine rings is 1. The van der Waals surface area contributed by atoms with Crippen molar-refractivity contribution in [3.63, 3.8) is 0 Å². The quantitative estimate of drug-likeness (QED) is 0.770. The topological polar surface area (TPSA) is 39.2 Å². The fraction of sp³-hybridized carbons (Fsp3) is 0.200. The second kappa shape index (κ2) is 5.45. The van der Waals surface area contributed by atoms with Crippen molar-refractivity contribution in [2.24, 2.45) is 0 Å². The average Bonchev–Trinajstić information content (AvgIpc) is 2.47. The number of ether oxygens (including phenoxy) is 1. The molecule has 18 heavy (non-hydrogen) atoms. The predicted octanol–water partition coefficient (Wildman–Crippen LogP) is 3.35. The Balaban J connectivity index is 2.25. The van der Waals surface area contributed by atoms with Crippen LogP contribution in [0, 0.1) is 0 Å². The molecule has 0 unspecified atom stereocenters. The van der Waals surface area contributed by atoms with Gasteiger partial charge in [-0.1, -0.05) is 6.92 Å². The first kappa shape index (κ1) is 12.3. The summed E-state index contributed by atoms with van der Waals surface area (Å²) in [5.41, 5.74) is 2.52. The number of benzene rings is 1. The van der Waals surface area contributed by atoms with Gasteiger partial charge in [-0.05, 0) is 36.4 Å². The van der Waals surface area contributed by atoms with Crippen LogP contribution in [0.15, 0.2) is 42.6 Å². The highest BCUT2D eigenvalue weighted by molar-refractivity contribution is 5.95. The zero-order valence-electron chi connectivity index (χ0n) is 10.5. The van der Waals surface area contributed by atoms with Crippen molar-refractivity contribution in [2.75, 3.05) is 7.11 Å². The first-order valence-electron chi connectivity index (χ1n) is 5.88. The molecule has 2 rings (SSSR count). The summed E-state index contributed by atoms with van der Waals surface area (Å²) in [5.74, 6) is 0.931. The molecule has 0 aliphatic rings. The number of aromatic nitrogens is 1. The van der Waals surface area contributed by atoms with Gasteiger partial charge in [0, 0.05) is 23.7 Å². The lowest BCUT2D eigenvalue weighted by atomic mass is 10.1. The van der Waals surface area contributed by atoms with Crippen LogP contribution >= 0.6 is 0 Å². The van der Waals surface area contributed by atoms with Gasteiger partial charge in [0.2, 0.25) is 0 Å². The Labute approximate surface area is 106 Å². The van der Waals surface area contributed by atoms with E-state index in [1.165, 1.54) is 0 Å². The summed E-state index contributed by atoms with van der Waals surface area (Å²) >= 11 is 0. The molecule has 0 amide bonds. The third-order valence-electron chi connectivity index (χ3n) is 2.79. The average molecular weight is 241 g/mol. The Morgan fingerprint density at radius 1 is 1.17 bits per heavy atom. The molecule has 0 N–H and O–H groups in total. The Bertz CT molecular complexity index is 529. The third-order valence-corrected chi connectivity index (χ3v) is 2.79. The molecule has 0 fully saturated rings. The van der Waals surface area contributed by atoms with Crippen molar-refractivity contribution >= 4 is 5.78 Å². The summed E-state index contributed by atoms with van der Waals surface area (Å²) in [6.07, 6.45) is 2.13. The van der Waals surface area contributed by atoms with Crippen LogP contribution < -0.4 is 4.74 Å². The molecule has 3 heteroatoms. The van der Waals surface area contributed by atoms with Crippen LogP contribution in [-0.2, 0) is 0 Å². The Morgan fingerprint density at radius 3 is 2.39 bits per heavy atom. The molecular formula is C15H15NO2. The molecule has 0 saturated carbocycles. The van der Waals surface area contributed by atoms with Crippen LogP contribution in [0.4, 0.5) is 0 Å². The number of carbonyl (C=O) groups is 1. The van der Waals surface area contributed by atoms with E-state index in [2.05, 4.69) is 4.98 Å². The smallest absolute Gasteiger partial charge is 0.164 e. The van der Waals surface area contributed by atoms with Gasteiger partial charge in [0.15, 0.2) is 5.78 Å². The van der Waals surface area contributed by atoms with E-state index in [4.69, 9.17) is 4.74 Å². The van der Waals surface area contributed by atoms with Gasteiger partial charge in [-0.3, -0.25) is 9.78 Å². The number of hydrogen-bond acceptors (Lipinski definition) is 3. The number of rotatable bonds is 4. The fourth-order valence-electron chi connectivity index (χ4n) is 1.70. The normalized spacial score (nSPS) is 10.1. The zero-order chi connectivity index (χ0) is 13.0. The number of ketones is 1. The van der Waals surface area contributed by atoms with Gasteiger partial charge in [0.1, 0.15) is 5.75 Å². The molecule has 2 aromatic rings. The second-order valence-electron chi connectivity index (χ2n) is 3.94. The zero-order valence-corrected chi connectivity index (χ0v) is 10.5. The molecule has 0 atom stereocenters. The lowest BCUT2D eigenvalue weighted by Gasteiger charge is -2.04. The van der Waals surface area contributed by atoms with E-state index >= 15 is 0 Å². The van der Waals surface area contributed by atoms with Crippen molar-refractivity contribution in [1.82, 2.24) is 4.98 Å². The molecule has 1 heterocycles. The van der Waals surface area contributed by atoms with Gasteiger partial charge in [0.25, 0.3) is 0 Å². The highest BCUT2D eigenvalue weighted by Gasteiger charge is 2.04.